The van der Waals surface area contributed by atoms with Gasteiger partial charge in [-0.1, -0.05) is 59.6 Å². The van der Waals surface area contributed by atoms with Crippen molar-refractivity contribution in [1.82, 2.24) is 5.32 Å². The molecule has 4 nitrogen and oxygen atoms in total. The Morgan fingerprint density at radius 2 is 1.88 bits per heavy atom. The van der Waals surface area contributed by atoms with E-state index in [0.717, 1.165) is 5.56 Å². The Morgan fingerprint density at radius 1 is 1.12 bits per heavy atom. The van der Waals surface area contributed by atoms with Gasteiger partial charge in [0.25, 0.3) is 5.91 Å². The van der Waals surface area contributed by atoms with E-state index >= 15 is 0 Å². The molecule has 0 aliphatic rings. The van der Waals surface area contributed by atoms with Gasteiger partial charge >= 0.3 is 0 Å². The highest BCUT2D eigenvalue weighted by molar-refractivity contribution is 6.43. The number of anilines is 1. The smallest absolute Gasteiger partial charge is 0.263 e. The predicted octanol–water partition coefficient (Wildman–Crippen LogP) is 4.17. The Morgan fingerprint density at radius 3 is 2.58 bits per heavy atom. The lowest BCUT2D eigenvalue weighted by Gasteiger charge is -2.07. The molecule has 0 saturated carbocycles. The topological polar surface area (TPSA) is 64.9 Å². The largest absolute Gasteiger partial charge is 0.359 e. The lowest BCUT2D eigenvalue weighted by molar-refractivity contribution is -0.117. The molecule has 122 valence electrons. The maximum absolute atomic E-state index is 12.0. The van der Waals surface area contributed by atoms with Crippen molar-refractivity contribution in [2.24, 2.45) is 0 Å². The fourth-order valence-corrected chi connectivity index (χ4v) is 2.33. The quantitative estimate of drug-likeness (QED) is 0.600. The second-order valence-corrected chi connectivity index (χ2v) is 5.69. The number of amides is 1. The molecule has 0 aromatic heterocycles. The van der Waals surface area contributed by atoms with Gasteiger partial charge in [0.1, 0.15) is 11.6 Å². The molecule has 0 atom stereocenters. The number of nitriles is 1. The molecule has 24 heavy (non-hydrogen) atoms. The lowest BCUT2D eigenvalue weighted by atomic mass is 10.1. The van der Waals surface area contributed by atoms with E-state index in [1.807, 2.05) is 36.4 Å². The fourth-order valence-electron chi connectivity index (χ4n) is 1.97. The molecule has 6 heteroatoms. The van der Waals surface area contributed by atoms with E-state index < -0.39 is 5.91 Å². The van der Waals surface area contributed by atoms with Crippen molar-refractivity contribution in [3.63, 3.8) is 0 Å². The van der Waals surface area contributed by atoms with Gasteiger partial charge < -0.3 is 10.6 Å². The highest BCUT2D eigenvalue weighted by atomic mass is 35.5. The van der Waals surface area contributed by atoms with Crippen LogP contribution in [-0.2, 0) is 11.2 Å². The molecule has 0 heterocycles. The van der Waals surface area contributed by atoms with E-state index in [0.29, 0.717) is 28.7 Å². The predicted molar refractivity (Wildman–Crippen MR) is 96.9 cm³/mol. The lowest BCUT2D eigenvalue weighted by Crippen LogP contribution is -2.27. The van der Waals surface area contributed by atoms with Crippen LogP contribution in [0.25, 0.3) is 0 Å². The zero-order chi connectivity index (χ0) is 17.4. The first-order valence-electron chi connectivity index (χ1n) is 7.24. The maximum atomic E-state index is 12.0. The highest BCUT2D eigenvalue weighted by Crippen LogP contribution is 2.29. The zero-order valence-electron chi connectivity index (χ0n) is 12.7. The monoisotopic (exact) mass is 359 g/mol. The molecule has 2 aromatic rings. The second kappa shape index (κ2) is 8.97. The van der Waals surface area contributed by atoms with Crippen molar-refractivity contribution in [2.45, 2.75) is 6.42 Å². The molecule has 0 unspecified atom stereocenters. The molecule has 0 radical (unpaired) electrons. The van der Waals surface area contributed by atoms with E-state index in [2.05, 4.69) is 10.6 Å². The van der Waals surface area contributed by atoms with Gasteiger partial charge in [-0.05, 0) is 24.1 Å². The van der Waals surface area contributed by atoms with Crippen molar-refractivity contribution < 1.29 is 4.79 Å². The summed E-state index contributed by atoms with van der Waals surface area (Å²) in [6.45, 7) is 0.444. The Bertz CT molecular complexity index is 783. The summed E-state index contributed by atoms with van der Waals surface area (Å²) in [7, 11) is 0. The fraction of sp³-hybridized carbons (Fsp3) is 0.111. The molecule has 0 aliphatic heterocycles. The summed E-state index contributed by atoms with van der Waals surface area (Å²) in [5.41, 5.74) is 1.59. The Balaban J connectivity index is 1.93. The number of nitrogens with one attached hydrogen (secondary N) is 2. The highest BCUT2D eigenvalue weighted by Gasteiger charge is 2.09. The molecular formula is C18H15Cl2N3O. The van der Waals surface area contributed by atoms with Gasteiger partial charge in [0.2, 0.25) is 0 Å². The van der Waals surface area contributed by atoms with Gasteiger partial charge in [0, 0.05) is 12.7 Å². The Hall–Kier alpha value is -2.48. The first kappa shape index (κ1) is 17.9. The first-order chi connectivity index (χ1) is 11.6. The third-order valence-electron chi connectivity index (χ3n) is 3.23. The molecule has 0 spiro atoms. The Kier molecular flexibility index (Phi) is 6.68. The number of halogens is 2. The van der Waals surface area contributed by atoms with Crippen molar-refractivity contribution in [1.29, 1.82) is 5.26 Å². The van der Waals surface area contributed by atoms with Crippen LogP contribution in [0.15, 0.2) is 60.3 Å². The number of carbonyl (C=O) groups is 1. The van der Waals surface area contributed by atoms with Crippen LogP contribution in [0.2, 0.25) is 10.0 Å². The SMILES string of the molecule is N#C/C(=C/Nc1cccc(Cl)c1Cl)C(=O)NCCc1ccccc1. The minimum atomic E-state index is -0.445. The summed E-state index contributed by atoms with van der Waals surface area (Å²) in [6, 6.07) is 16.7. The number of rotatable bonds is 6. The van der Waals surface area contributed by atoms with Crippen molar-refractivity contribution in [3.05, 3.63) is 75.9 Å². The molecular weight excluding hydrogens is 345 g/mol. The van der Waals surface area contributed by atoms with Crippen LogP contribution in [0.5, 0.6) is 0 Å². The molecule has 0 bridgehead atoms. The van der Waals surface area contributed by atoms with Crippen LogP contribution < -0.4 is 10.6 Å². The number of nitrogens with zero attached hydrogens (tertiary/aromatic N) is 1. The second-order valence-electron chi connectivity index (χ2n) is 4.91. The average Bonchev–Trinajstić information content (AvgIpc) is 2.60. The van der Waals surface area contributed by atoms with E-state index in [-0.39, 0.29) is 5.57 Å². The summed E-state index contributed by atoms with van der Waals surface area (Å²) >= 11 is 12.0. The van der Waals surface area contributed by atoms with Gasteiger partial charge in [0.15, 0.2) is 0 Å². The minimum absolute atomic E-state index is 0.0425. The summed E-state index contributed by atoms with van der Waals surface area (Å²) in [6.07, 6.45) is 2.01. The van der Waals surface area contributed by atoms with E-state index in [1.165, 1.54) is 6.20 Å². The van der Waals surface area contributed by atoms with Crippen LogP contribution in [0, 0.1) is 11.3 Å². The van der Waals surface area contributed by atoms with Crippen LogP contribution in [0.4, 0.5) is 5.69 Å². The van der Waals surface area contributed by atoms with E-state index in [1.54, 1.807) is 18.2 Å². The summed E-state index contributed by atoms with van der Waals surface area (Å²) in [5, 5.41) is 15.4. The molecule has 2 aromatic carbocycles. The third-order valence-corrected chi connectivity index (χ3v) is 4.05. The molecule has 0 aliphatic carbocycles. The standard InChI is InChI=1S/C18H15Cl2N3O/c19-15-7-4-8-16(17(15)20)23-12-14(11-21)18(24)22-10-9-13-5-2-1-3-6-13/h1-8,12,23H,9-10H2,(H,22,24)/b14-12-. The molecule has 2 rings (SSSR count). The van der Waals surface area contributed by atoms with Crippen molar-refractivity contribution in [3.8, 4) is 6.07 Å². The number of carbonyl (C=O) groups excluding carboxylic acids is 1. The van der Waals surface area contributed by atoms with E-state index in [4.69, 9.17) is 28.5 Å². The third kappa shape index (κ3) is 5.02. The Labute approximate surface area is 150 Å². The molecule has 2 N–H and O–H groups in total. The minimum Gasteiger partial charge on any atom is -0.359 e. The van der Waals surface area contributed by atoms with Crippen LogP contribution in [0.1, 0.15) is 5.56 Å². The van der Waals surface area contributed by atoms with Crippen molar-refractivity contribution in [2.75, 3.05) is 11.9 Å². The van der Waals surface area contributed by atoms with E-state index in [9.17, 15) is 4.79 Å². The maximum Gasteiger partial charge on any atom is 0.263 e. The van der Waals surface area contributed by atoms with Crippen molar-refractivity contribution >= 4 is 34.8 Å². The van der Waals surface area contributed by atoms with Crippen LogP contribution in [-0.4, -0.2) is 12.5 Å². The molecule has 1 amide bonds. The van der Waals surface area contributed by atoms with Crippen LogP contribution >= 0.6 is 23.2 Å². The zero-order valence-corrected chi connectivity index (χ0v) is 14.2. The summed E-state index contributed by atoms with van der Waals surface area (Å²) in [4.78, 5) is 12.0. The normalized spacial score (nSPS) is 10.8. The van der Waals surface area contributed by atoms with Gasteiger partial charge in [-0.3, -0.25) is 4.79 Å². The average molecular weight is 360 g/mol. The number of benzene rings is 2. The van der Waals surface area contributed by atoms with Gasteiger partial charge in [-0.25, -0.2) is 0 Å². The molecule has 0 saturated heterocycles. The van der Waals surface area contributed by atoms with Crippen LogP contribution in [0.3, 0.4) is 0 Å². The first-order valence-corrected chi connectivity index (χ1v) is 8.00. The summed E-state index contributed by atoms with van der Waals surface area (Å²) in [5.74, 6) is -0.445. The number of hydrogen-bond acceptors (Lipinski definition) is 3. The van der Waals surface area contributed by atoms with Gasteiger partial charge in [-0.2, -0.15) is 5.26 Å². The van der Waals surface area contributed by atoms with Gasteiger partial charge in [-0.15, -0.1) is 0 Å². The van der Waals surface area contributed by atoms with Gasteiger partial charge in [0.05, 0.1) is 15.7 Å². The molecule has 0 fully saturated rings. The summed E-state index contributed by atoms with van der Waals surface area (Å²) < 4.78 is 0. The number of hydrogen-bond donors (Lipinski definition) is 2.